The summed E-state index contributed by atoms with van der Waals surface area (Å²) in [5.41, 5.74) is 4.23. The summed E-state index contributed by atoms with van der Waals surface area (Å²) in [6.45, 7) is 18.3. The number of nitrogens with one attached hydrogen (secondary N) is 2. The van der Waals surface area contributed by atoms with Gasteiger partial charge in [-0.2, -0.15) is 0 Å². The summed E-state index contributed by atoms with van der Waals surface area (Å²) in [7, 11) is 1.74. The first-order chi connectivity index (χ1) is 16.4. The van der Waals surface area contributed by atoms with Gasteiger partial charge in [0.05, 0.1) is 11.9 Å². The lowest BCUT2D eigenvalue weighted by Crippen LogP contribution is -2.33. The summed E-state index contributed by atoms with van der Waals surface area (Å²) >= 11 is 0. The van der Waals surface area contributed by atoms with Gasteiger partial charge in [0.1, 0.15) is 24.0 Å². The van der Waals surface area contributed by atoms with Crippen molar-refractivity contribution in [3.05, 3.63) is 115 Å². The van der Waals surface area contributed by atoms with Gasteiger partial charge in [-0.05, 0) is 44.9 Å². The van der Waals surface area contributed by atoms with E-state index >= 15 is 0 Å². The van der Waals surface area contributed by atoms with Crippen molar-refractivity contribution in [3.63, 3.8) is 0 Å². The molecular formula is C29H36N4O. The topological polar surface area (TPSA) is 58.0 Å². The second-order valence-corrected chi connectivity index (χ2v) is 7.95. The maximum absolute atomic E-state index is 5.82. The lowest BCUT2D eigenvalue weighted by Gasteiger charge is -2.22. The van der Waals surface area contributed by atoms with Crippen molar-refractivity contribution < 1.29 is 4.74 Å². The normalized spacial score (nSPS) is 13.1. The van der Waals surface area contributed by atoms with E-state index in [0.29, 0.717) is 24.1 Å². The van der Waals surface area contributed by atoms with Crippen LogP contribution >= 0.6 is 0 Å². The molecular weight excluding hydrogens is 420 g/mol. The summed E-state index contributed by atoms with van der Waals surface area (Å²) in [6.07, 6.45) is 6.35. The first-order valence-corrected chi connectivity index (χ1v) is 11.3. The molecule has 2 aromatic carbocycles. The number of ether oxygens (including phenoxy) is 1. The van der Waals surface area contributed by atoms with Gasteiger partial charge in [0.2, 0.25) is 0 Å². The third-order valence-electron chi connectivity index (χ3n) is 5.10. The summed E-state index contributed by atoms with van der Waals surface area (Å²) in [5, 5.41) is 6.79. The van der Waals surface area contributed by atoms with Gasteiger partial charge >= 0.3 is 0 Å². The summed E-state index contributed by atoms with van der Waals surface area (Å²) in [6, 6.07) is 16.0. The molecule has 178 valence electrons. The molecule has 0 aliphatic heterocycles. The SMILES string of the molecule is C=CCOc1ccccc1C(C)NC(=C)NC(=NC(/C=C(\C)CC=C)=NC)c1ccccc1C. The minimum Gasteiger partial charge on any atom is -0.489 e. The number of rotatable bonds is 11. The van der Waals surface area contributed by atoms with Crippen LogP contribution in [-0.4, -0.2) is 25.3 Å². The third kappa shape index (κ3) is 7.93. The van der Waals surface area contributed by atoms with Crippen molar-refractivity contribution in [1.82, 2.24) is 10.6 Å². The van der Waals surface area contributed by atoms with E-state index in [2.05, 4.69) is 55.3 Å². The van der Waals surface area contributed by atoms with E-state index in [9.17, 15) is 0 Å². The van der Waals surface area contributed by atoms with Crippen LogP contribution in [0.2, 0.25) is 0 Å². The highest BCUT2D eigenvalue weighted by Crippen LogP contribution is 2.25. The highest BCUT2D eigenvalue weighted by molar-refractivity contribution is 6.10. The van der Waals surface area contributed by atoms with Crippen LogP contribution in [0.4, 0.5) is 0 Å². The smallest absolute Gasteiger partial charge is 0.149 e. The number of allylic oxidation sites excluding steroid dienone is 2. The average Bonchev–Trinajstić information content (AvgIpc) is 2.82. The van der Waals surface area contributed by atoms with Crippen LogP contribution in [-0.2, 0) is 0 Å². The van der Waals surface area contributed by atoms with Crippen molar-refractivity contribution >= 4 is 11.7 Å². The average molecular weight is 457 g/mol. The molecule has 0 aliphatic carbocycles. The van der Waals surface area contributed by atoms with E-state index in [0.717, 1.165) is 34.4 Å². The van der Waals surface area contributed by atoms with Crippen LogP contribution in [0.1, 0.15) is 43.0 Å². The Balaban J connectivity index is 2.31. The fourth-order valence-electron chi connectivity index (χ4n) is 3.40. The van der Waals surface area contributed by atoms with Crippen molar-refractivity contribution in [2.75, 3.05) is 13.7 Å². The van der Waals surface area contributed by atoms with Crippen molar-refractivity contribution in [2.24, 2.45) is 9.98 Å². The Bertz CT molecular complexity index is 1090. The van der Waals surface area contributed by atoms with Crippen LogP contribution in [0.15, 0.2) is 108 Å². The molecule has 0 aliphatic rings. The molecule has 5 heteroatoms. The quantitative estimate of drug-likeness (QED) is 0.238. The monoisotopic (exact) mass is 456 g/mol. The highest BCUT2D eigenvalue weighted by atomic mass is 16.5. The molecule has 5 nitrogen and oxygen atoms in total. The third-order valence-corrected chi connectivity index (χ3v) is 5.10. The lowest BCUT2D eigenvalue weighted by molar-refractivity contribution is 0.355. The number of aliphatic imine (C=N–C) groups is 2. The Morgan fingerprint density at radius 1 is 1.09 bits per heavy atom. The van der Waals surface area contributed by atoms with Gasteiger partial charge in [0.25, 0.3) is 0 Å². The van der Waals surface area contributed by atoms with E-state index in [1.54, 1.807) is 13.1 Å². The molecule has 34 heavy (non-hydrogen) atoms. The standard InChI is InChI=1S/C29H36N4O/c1-8-14-21(3)20-28(30-7)33-29(25-16-11-10-15-22(25)4)32-24(6)31-23(5)26-17-12-13-18-27(26)34-19-9-2/h8-13,15-18,20,23,31H,1-2,6,14,19H2,3-5,7H3,(H,30,32,33)/b21-20+. The predicted octanol–water partition coefficient (Wildman–Crippen LogP) is 6.27. The Morgan fingerprint density at radius 3 is 2.47 bits per heavy atom. The molecule has 0 fully saturated rings. The molecule has 0 saturated heterocycles. The number of aryl methyl sites for hydroxylation is 1. The summed E-state index contributed by atoms with van der Waals surface area (Å²) in [5.74, 6) is 2.72. The minimum atomic E-state index is -0.0480. The van der Waals surface area contributed by atoms with Crippen LogP contribution in [0.3, 0.4) is 0 Å². The molecule has 0 heterocycles. The Hall–Kier alpha value is -3.86. The maximum atomic E-state index is 5.82. The number of hydrogen-bond donors (Lipinski definition) is 2. The molecule has 0 radical (unpaired) electrons. The number of hydrogen-bond acceptors (Lipinski definition) is 3. The van der Waals surface area contributed by atoms with E-state index in [1.807, 2.05) is 61.5 Å². The molecule has 0 aromatic heterocycles. The fraction of sp³-hybridized carbons (Fsp3) is 0.241. The number of para-hydroxylation sites is 1. The van der Waals surface area contributed by atoms with E-state index in [4.69, 9.17) is 9.73 Å². The van der Waals surface area contributed by atoms with Gasteiger partial charge < -0.3 is 15.4 Å². The zero-order valence-electron chi connectivity index (χ0n) is 20.8. The van der Waals surface area contributed by atoms with Gasteiger partial charge in [0, 0.05) is 18.2 Å². The predicted molar refractivity (Wildman–Crippen MR) is 146 cm³/mol. The second kappa shape index (κ2) is 13.6. The number of benzene rings is 2. The van der Waals surface area contributed by atoms with E-state index in [1.165, 1.54) is 0 Å². The van der Waals surface area contributed by atoms with E-state index in [-0.39, 0.29) is 6.04 Å². The molecule has 2 N–H and O–H groups in total. The number of nitrogens with zero attached hydrogens (tertiary/aromatic N) is 2. The Morgan fingerprint density at radius 2 is 1.79 bits per heavy atom. The van der Waals surface area contributed by atoms with Crippen LogP contribution < -0.4 is 15.4 Å². The zero-order valence-corrected chi connectivity index (χ0v) is 20.8. The zero-order chi connectivity index (χ0) is 24.9. The molecule has 2 rings (SSSR count). The van der Waals surface area contributed by atoms with Crippen LogP contribution in [0.5, 0.6) is 5.75 Å². The first kappa shape index (κ1) is 26.4. The second-order valence-electron chi connectivity index (χ2n) is 7.95. The molecule has 0 bridgehead atoms. The minimum absolute atomic E-state index is 0.0480. The maximum Gasteiger partial charge on any atom is 0.149 e. The highest BCUT2D eigenvalue weighted by Gasteiger charge is 2.14. The molecule has 0 saturated carbocycles. The summed E-state index contributed by atoms with van der Waals surface area (Å²) in [4.78, 5) is 9.20. The van der Waals surface area contributed by atoms with Crippen molar-refractivity contribution in [1.29, 1.82) is 0 Å². The summed E-state index contributed by atoms with van der Waals surface area (Å²) < 4.78 is 5.82. The van der Waals surface area contributed by atoms with Gasteiger partial charge in [-0.3, -0.25) is 4.99 Å². The van der Waals surface area contributed by atoms with Crippen LogP contribution in [0.25, 0.3) is 0 Å². The molecule has 1 atom stereocenters. The van der Waals surface area contributed by atoms with Gasteiger partial charge in [0.15, 0.2) is 0 Å². The van der Waals surface area contributed by atoms with Gasteiger partial charge in [-0.25, -0.2) is 4.99 Å². The molecule has 1 unspecified atom stereocenters. The molecule has 0 spiro atoms. The van der Waals surface area contributed by atoms with E-state index < -0.39 is 0 Å². The fourth-order valence-corrected chi connectivity index (χ4v) is 3.40. The largest absolute Gasteiger partial charge is 0.489 e. The molecule has 0 amide bonds. The van der Waals surface area contributed by atoms with Crippen molar-refractivity contribution in [2.45, 2.75) is 33.2 Å². The Labute approximate surface area is 204 Å². The van der Waals surface area contributed by atoms with Gasteiger partial charge in [-0.1, -0.05) is 73.3 Å². The first-order valence-electron chi connectivity index (χ1n) is 11.3. The lowest BCUT2D eigenvalue weighted by atomic mass is 10.1. The number of amidine groups is 2. The van der Waals surface area contributed by atoms with Crippen LogP contribution in [0, 0.1) is 6.92 Å². The van der Waals surface area contributed by atoms with Crippen molar-refractivity contribution in [3.8, 4) is 5.75 Å². The molecule has 2 aromatic rings. The van der Waals surface area contributed by atoms with Gasteiger partial charge in [-0.15, -0.1) is 6.58 Å². The Kier molecular flexibility index (Phi) is 10.6.